The van der Waals surface area contributed by atoms with E-state index in [1.165, 1.54) is 0 Å². The molecular formula is C18H19NO2. The normalized spacial score (nSPS) is 23.3. The van der Waals surface area contributed by atoms with Crippen LogP contribution in [-0.2, 0) is 4.79 Å². The van der Waals surface area contributed by atoms with E-state index in [2.05, 4.69) is 0 Å². The van der Waals surface area contributed by atoms with Crippen LogP contribution in [0.25, 0.3) is 0 Å². The van der Waals surface area contributed by atoms with Gasteiger partial charge in [-0.15, -0.1) is 0 Å². The molecule has 1 saturated heterocycles. The van der Waals surface area contributed by atoms with Gasteiger partial charge in [-0.05, 0) is 11.1 Å². The summed E-state index contributed by atoms with van der Waals surface area (Å²) in [6, 6.07) is 19.3. The molecule has 3 heteroatoms. The van der Waals surface area contributed by atoms with E-state index in [9.17, 15) is 9.90 Å². The zero-order chi connectivity index (χ0) is 14.8. The summed E-state index contributed by atoms with van der Waals surface area (Å²) in [5, 5.41) is 10.7. The number of hydrogen-bond acceptors (Lipinski definition) is 2. The van der Waals surface area contributed by atoms with Crippen LogP contribution in [-0.4, -0.2) is 29.0 Å². The fraction of sp³-hybridized carbons (Fsp3) is 0.278. The van der Waals surface area contributed by atoms with Crippen LogP contribution < -0.4 is 0 Å². The number of rotatable bonds is 3. The summed E-state index contributed by atoms with van der Waals surface area (Å²) in [6.45, 7) is 0. The monoisotopic (exact) mass is 281 g/mol. The first kappa shape index (κ1) is 13.8. The minimum atomic E-state index is -0.673. The number of likely N-dealkylation sites (tertiary alicyclic amines) is 1. The molecule has 2 unspecified atom stereocenters. The van der Waals surface area contributed by atoms with Crippen molar-refractivity contribution in [2.24, 2.45) is 0 Å². The highest BCUT2D eigenvalue weighted by atomic mass is 16.3. The highest BCUT2D eigenvalue weighted by molar-refractivity contribution is 5.80. The molecule has 3 atom stereocenters. The molecule has 0 radical (unpaired) electrons. The fourth-order valence-corrected chi connectivity index (χ4v) is 3.18. The molecule has 0 aromatic heterocycles. The van der Waals surface area contributed by atoms with Crippen molar-refractivity contribution in [2.45, 2.75) is 24.5 Å². The Hall–Kier alpha value is -2.13. The third-order valence-electron chi connectivity index (χ3n) is 4.34. The SMILES string of the molecule is CN1C(=O)C[C@@H](c2ccccc2)C1C(O)c1ccccc1. The number of nitrogens with zero attached hydrogens (tertiary/aromatic N) is 1. The number of likely N-dealkylation sites (N-methyl/N-ethyl adjacent to an activating group) is 1. The van der Waals surface area contributed by atoms with Gasteiger partial charge in [0.2, 0.25) is 5.91 Å². The smallest absolute Gasteiger partial charge is 0.223 e. The van der Waals surface area contributed by atoms with E-state index in [0.717, 1.165) is 11.1 Å². The number of carbonyl (C=O) groups excluding carboxylic acids is 1. The highest BCUT2D eigenvalue weighted by Gasteiger charge is 2.42. The predicted octanol–water partition coefficient (Wildman–Crippen LogP) is 2.73. The summed E-state index contributed by atoms with van der Waals surface area (Å²) in [4.78, 5) is 13.8. The highest BCUT2D eigenvalue weighted by Crippen LogP contribution is 2.39. The number of hydrogen-bond donors (Lipinski definition) is 1. The maximum Gasteiger partial charge on any atom is 0.223 e. The molecule has 1 heterocycles. The van der Waals surface area contributed by atoms with E-state index >= 15 is 0 Å². The van der Waals surface area contributed by atoms with Gasteiger partial charge in [0.1, 0.15) is 0 Å². The summed E-state index contributed by atoms with van der Waals surface area (Å²) in [5.41, 5.74) is 1.96. The van der Waals surface area contributed by atoms with Gasteiger partial charge in [0.15, 0.2) is 0 Å². The minimum absolute atomic E-state index is 0.0268. The molecule has 21 heavy (non-hydrogen) atoms. The number of aliphatic hydroxyl groups excluding tert-OH is 1. The third-order valence-corrected chi connectivity index (χ3v) is 4.34. The van der Waals surface area contributed by atoms with Crippen LogP contribution in [0.15, 0.2) is 60.7 Å². The Kier molecular flexibility index (Phi) is 3.76. The molecule has 0 saturated carbocycles. The van der Waals surface area contributed by atoms with Crippen molar-refractivity contribution < 1.29 is 9.90 Å². The van der Waals surface area contributed by atoms with Crippen LogP contribution in [0.4, 0.5) is 0 Å². The lowest BCUT2D eigenvalue weighted by molar-refractivity contribution is -0.128. The summed E-state index contributed by atoms with van der Waals surface area (Å²) in [6.07, 6.45) is -0.220. The van der Waals surface area contributed by atoms with E-state index in [4.69, 9.17) is 0 Å². The summed E-state index contributed by atoms with van der Waals surface area (Å²) >= 11 is 0. The molecule has 0 aliphatic carbocycles. The van der Waals surface area contributed by atoms with E-state index < -0.39 is 6.10 Å². The molecular weight excluding hydrogens is 262 g/mol. The molecule has 108 valence electrons. The summed E-state index contributed by atoms with van der Waals surface area (Å²) in [7, 11) is 1.78. The van der Waals surface area contributed by atoms with Crippen molar-refractivity contribution in [1.82, 2.24) is 4.90 Å². The molecule has 0 spiro atoms. The summed E-state index contributed by atoms with van der Waals surface area (Å²) < 4.78 is 0. The zero-order valence-electron chi connectivity index (χ0n) is 12.0. The quantitative estimate of drug-likeness (QED) is 0.939. The van der Waals surface area contributed by atoms with E-state index in [-0.39, 0.29) is 17.9 Å². The first-order valence-corrected chi connectivity index (χ1v) is 7.22. The molecule has 1 aliphatic heterocycles. The fourth-order valence-electron chi connectivity index (χ4n) is 3.18. The standard InChI is InChI=1S/C18H19NO2/c1-19-16(20)12-15(13-8-4-2-5-9-13)17(19)18(21)14-10-6-3-7-11-14/h2-11,15,17-18,21H,12H2,1H3/t15-,17?,18?/m0/s1. The predicted molar refractivity (Wildman–Crippen MR) is 81.8 cm³/mol. The van der Waals surface area contributed by atoms with Crippen LogP contribution in [0.3, 0.4) is 0 Å². The summed E-state index contributed by atoms with van der Waals surface area (Å²) in [5.74, 6) is 0.114. The van der Waals surface area contributed by atoms with Crippen molar-refractivity contribution in [3.8, 4) is 0 Å². The number of amides is 1. The van der Waals surface area contributed by atoms with Gasteiger partial charge in [-0.3, -0.25) is 4.79 Å². The van der Waals surface area contributed by atoms with Crippen molar-refractivity contribution in [3.63, 3.8) is 0 Å². The molecule has 1 aliphatic rings. The van der Waals surface area contributed by atoms with Crippen molar-refractivity contribution in [3.05, 3.63) is 71.8 Å². The van der Waals surface area contributed by atoms with Crippen molar-refractivity contribution >= 4 is 5.91 Å². The first-order valence-electron chi connectivity index (χ1n) is 7.22. The van der Waals surface area contributed by atoms with E-state index in [1.807, 2.05) is 60.7 Å². The zero-order valence-corrected chi connectivity index (χ0v) is 12.0. The maximum absolute atomic E-state index is 12.1. The van der Waals surface area contributed by atoms with Gasteiger partial charge in [-0.25, -0.2) is 0 Å². The number of carbonyl (C=O) groups is 1. The molecule has 2 aromatic rings. The third kappa shape index (κ3) is 2.57. The van der Waals surface area contributed by atoms with Gasteiger partial charge in [-0.2, -0.15) is 0 Å². The molecule has 3 nitrogen and oxygen atoms in total. The average Bonchev–Trinajstić information content (AvgIpc) is 2.84. The van der Waals surface area contributed by atoms with Crippen LogP contribution >= 0.6 is 0 Å². The van der Waals surface area contributed by atoms with Crippen molar-refractivity contribution in [1.29, 1.82) is 0 Å². The van der Waals surface area contributed by atoms with Crippen LogP contribution in [0, 0.1) is 0 Å². The van der Waals surface area contributed by atoms with Crippen molar-refractivity contribution in [2.75, 3.05) is 7.05 Å². The lowest BCUT2D eigenvalue weighted by atomic mass is 9.86. The lowest BCUT2D eigenvalue weighted by Gasteiger charge is -2.30. The van der Waals surface area contributed by atoms with E-state index in [1.54, 1.807) is 11.9 Å². The van der Waals surface area contributed by atoms with Gasteiger partial charge < -0.3 is 10.0 Å². The van der Waals surface area contributed by atoms with Gasteiger partial charge in [0.25, 0.3) is 0 Å². The second-order valence-corrected chi connectivity index (χ2v) is 5.57. The second-order valence-electron chi connectivity index (χ2n) is 5.57. The molecule has 0 bridgehead atoms. The van der Waals surface area contributed by atoms with Gasteiger partial charge in [0, 0.05) is 19.4 Å². The Morgan fingerprint density at radius 2 is 1.62 bits per heavy atom. The Bertz CT molecular complexity index is 612. The average molecular weight is 281 g/mol. The van der Waals surface area contributed by atoms with Crippen LogP contribution in [0.1, 0.15) is 29.6 Å². The largest absolute Gasteiger partial charge is 0.386 e. The molecule has 1 fully saturated rings. The topological polar surface area (TPSA) is 40.5 Å². The van der Waals surface area contributed by atoms with Gasteiger partial charge in [0.05, 0.1) is 12.1 Å². The molecule has 1 N–H and O–H groups in total. The lowest BCUT2D eigenvalue weighted by Crippen LogP contribution is -2.36. The van der Waals surface area contributed by atoms with Gasteiger partial charge >= 0.3 is 0 Å². The molecule has 3 rings (SSSR count). The van der Waals surface area contributed by atoms with Crippen LogP contribution in [0.5, 0.6) is 0 Å². The van der Waals surface area contributed by atoms with Crippen LogP contribution in [0.2, 0.25) is 0 Å². The molecule has 1 amide bonds. The minimum Gasteiger partial charge on any atom is -0.386 e. The Labute approximate surface area is 124 Å². The van der Waals surface area contributed by atoms with Gasteiger partial charge in [-0.1, -0.05) is 60.7 Å². The Morgan fingerprint density at radius 1 is 1.05 bits per heavy atom. The Morgan fingerprint density at radius 3 is 2.24 bits per heavy atom. The van der Waals surface area contributed by atoms with E-state index in [0.29, 0.717) is 6.42 Å². The maximum atomic E-state index is 12.1. The number of aliphatic hydroxyl groups is 1. The second kappa shape index (κ2) is 5.70. The number of benzene rings is 2. The first-order chi connectivity index (χ1) is 10.2. The molecule has 2 aromatic carbocycles. The Balaban J connectivity index is 1.95.